The van der Waals surface area contributed by atoms with Crippen LogP contribution in [-0.4, -0.2) is 35.5 Å². The fourth-order valence-corrected chi connectivity index (χ4v) is 3.38. The fourth-order valence-electron chi connectivity index (χ4n) is 3.19. The smallest absolute Gasteiger partial charge is 0.276 e. The molecule has 0 bridgehead atoms. The number of aromatic nitrogens is 1. The van der Waals surface area contributed by atoms with Crippen molar-refractivity contribution in [3.63, 3.8) is 0 Å². The summed E-state index contributed by atoms with van der Waals surface area (Å²) < 4.78 is 5.26. The third-order valence-electron chi connectivity index (χ3n) is 4.51. The lowest BCUT2D eigenvalue weighted by Crippen LogP contribution is -2.35. The van der Waals surface area contributed by atoms with Gasteiger partial charge in [0.15, 0.2) is 11.5 Å². The maximum Gasteiger partial charge on any atom is 0.276 e. The molecule has 0 aliphatic heterocycles. The van der Waals surface area contributed by atoms with Crippen molar-refractivity contribution in [2.45, 2.75) is 20.8 Å². The summed E-state index contributed by atoms with van der Waals surface area (Å²) in [6.45, 7) is 5.78. The SMILES string of the molecule is Cc1cc(C)c(NC(=O)CN(C)C(=O)c2cc(-c3cccc(Cl)c3)on2)c(C)c1. The number of hydrogen-bond donors (Lipinski definition) is 1. The van der Waals surface area contributed by atoms with E-state index in [1.807, 2.05) is 39.0 Å². The van der Waals surface area contributed by atoms with E-state index in [4.69, 9.17) is 16.1 Å². The quantitative estimate of drug-likeness (QED) is 0.664. The van der Waals surface area contributed by atoms with E-state index in [1.54, 1.807) is 25.2 Å². The molecular formula is C22H22ClN3O3. The molecule has 3 aromatic rings. The normalized spacial score (nSPS) is 10.7. The van der Waals surface area contributed by atoms with E-state index in [-0.39, 0.29) is 18.1 Å². The Hall–Kier alpha value is -3.12. The van der Waals surface area contributed by atoms with Gasteiger partial charge in [-0.15, -0.1) is 0 Å². The van der Waals surface area contributed by atoms with Crippen LogP contribution < -0.4 is 5.32 Å². The van der Waals surface area contributed by atoms with Crippen LogP contribution in [0.3, 0.4) is 0 Å². The van der Waals surface area contributed by atoms with Crippen molar-refractivity contribution >= 4 is 29.1 Å². The van der Waals surface area contributed by atoms with Crippen LogP contribution in [0.5, 0.6) is 0 Å². The summed E-state index contributed by atoms with van der Waals surface area (Å²) in [6, 6.07) is 12.6. The molecule has 2 aromatic carbocycles. The number of anilines is 1. The molecule has 0 atom stereocenters. The highest BCUT2D eigenvalue weighted by molar-refractivity contribution is 6.30. The Morgan fingerprint density at radius 2 is 1.79 bits per heavy atom. The minimum Gasteiger partial charge on any atom is -0.355 e. The lowest BCUT2D eigenvalue weighted by molar-refractivity contribution is -0.116. The van der Waals surface area contributed by atoms with Gasteiger partial charge in [-0.25, -0.2) is 0 Å². The number of hydrogen-bond acceptors (Lipinski definition) is 4. The van der Waals surface area contributed by atoms with Crippen LogP contribution in [0.15, 0.2) is 47.0 Å². The number of rotatable bonds is 5. The van der Waals surface area contributed by atoms with E-state index in [1.165, 1.54) is 11.0 Å². The number of carbonyl (C=O) groups is 2. The third-order valence-corrected chi connectivity index (χ3v) is 4.74. The Morgan fingerprint density at radius 3 is 2.45 bits per heavy atom. The number of amides is 2. The molecule has 0 saturated carbocycles. The van der Waals surface area contributed by atoms with Crippen LogP contribution in [0, 0.1) is 20.8 Å². The Labute approximate surface area is 174 Å². The van der Waals surface area contributed by atoms with Gasteiger partial charge in [0, 0.05) is 29.4 Å². The van der Waals surface area contributed by atoms with Crippen LogP contribution in [0.25, 0.3) is 11.3 Å². The number of carbonyl (C=O) groups excluding carboxylic acids is 2. The van der Waals surface area contributed by atoms with Gasteiger partial charge < -0.3 is 14.7 Å². The van der Waals surface area contributed by atoms with Gasteiger partial charge >= 0.3 is 0 Å². The lowest BCUT2D eigenvalue weighted by atomic mass is 10.1. The van der Waals surface area contributed by atoms with Crippen molar-refractivity contribution < 1.29 is 14.1 Å². The van der Waals surface area contributed by atoms with E-state index in [9.17, 15) is 9.59 Å². The fraction of sp³-hybridized carbons (Fsp3) is 0.227. The summed E-state index contributed by atoms with van der Waals surface area (Å²) in [5.41, 5.74) is 4.70. The molecule has 0 fully saturated rings. The summed E-state index contributed by atoms with van der Waals surface area (Å²) in [5, 5.41) is 7.28. The molecule has 0 spiro atoms. The Morgan fingerprint density at radius 1 is 1.10 bits per heavy atom. The second-order valence-electron chi connectivity index (χ2n) is 7.07. The maximum atomic E-state index is 12.6. The van der Waals surface area contributed by atoms with Crippen LogP contribution in [0.2, 0.25) is 5.02 Å². The topological polar surface area (TPSA) is 75.4 Å². The Kier molecular flexibility index (Phi) is 6.03. The van der Waals surface area contributed by atoms with Crippen LogP contribution in [-0.2, 0) is 4.79 Å². The number of aryl methyl sites for hydroxylation is 3. The molecule has 3 rings (SSSR count). The number of nitrogens with one attached hydrogen (secondary N) is 1. The Bertz CT molecular complexity index is 1050. The first-order chi connectivity index (χ1) is 13.7. The van der Waals surface area contributed by atoms with Gasteiger partial charge in [0.25, 0.3) is 5.91 Å². The zero-order valence-corrected chi connectivity index (χ0v) is 17.5. The highest BCUT2D eigenvalue weighted by Crippen LogP contribution is 2.24. The number of benzene rings is 2. The van der Waals surface area contributed by atoms with E-state index in [0.717, 1.165) is 27.9 Å². The van der Waals surface area contributed by atoms with Crippen LogP contribution in [0.1, 0.15) is 27.2 Å². The van der Waals surface area contributed by atoms with E-state index >= 15 is 0 Å². The second-order valence-corrected chi connectivity index (χ2v) is 7.51. The van der Waals surface area contributed by atoms with Crippen LogP contribution >= 0.6 is 11.6 Å². The molecular weight excluding hydrogens is 390 g/mol. The summed E-state index contributed by atoms with van der Waals surface area (Å²) in [4.78, 5) is 26.4. The summed E-state index contributed by atoms with van der Waals surface area (Å²) in [5.74, 6) is -0.261. The summed E-state index contributed by atoms with van der Waals surface area (Å²) >= 11 is 5.99. The first kappa shape index (κ1) is 20.6. The average Bonchev–Trinajstić information content (AvgIpc) is 3.14. The predicted octanol–water partition coefficient (Wildman–Crippen LogP) is 4.63. The molecule has 150 valence electrons. The number of likely N-dealkylation sites (N-methyl/N-ethyl adjacent to an activating group) is 1. The highest BCUT2D eigenvalue weighted by Gasteiger charge is 2.20. The second kappa shape index (κ2) is 8.49. The maximum absolute atomic E-state index is 12.6. The van der Waals surface area contributed by atoms with Gasteiger partial charge in [-0.3, -0.25) is 9.59 Å². The lowest BCUT2D eigenvalue weighted by Gasteiger charge is -2.17. The van der Waals surface area contributed by atoms with E-state index < -0.39 is 5.91 Å². The molecule has 29 heavy (non-hydrogen) atoms. The molecule has 1 aromatic heterocycles. The van der Waals surface area contributed by atoms with Gasteiger partial charge in [-0.1, -0.05) is 46.6 Å². The van der Waals surface area contributed by atoms with Gasteiger partial charge in [0.1, 0.15) is 0 Å². The van der Waals surface area contributed by atoms with Crippen molar-refractivity contribution in [1.29, 1.82) is 0 Å². The van der Waals surface area contributed by atoms with Crippen LogP contribution in [0.4, 0.5) is 5.69 Å². The number of halogens is 1. The Balaban J connectivity index is 1.67. The van der Waals surface area contributed by atoms with Crippen molar-refractivity contribution in [3.8, 4) is 11.3 Å². The molecule has 1 N–H and O–H groups in total. The van der Waals surface area contributed by atoms with Crippen molar-refractivity contribution in [1.82, 2.24) is 10.1 Å². The molecule has 0 unspecified atom stereocenters. The monoisotopic (exact) mass is 411 g/mol. The zero-order chi connectivity index (χ0) is 21.1. The van der Waals surface area contributed by atoms with Gasteiger partial charge in [-0.05, 0) is 44.0 Å². The van der Waals surface area contributed by atoms with Gasteiger partial charge in [0.05, 0.1) is 6.54 Å². The first-order valence-electron chi connectivity index (χ1n) is 9.10. The predicted molar refractivity (Wildman–Crippen MR) is 113 cm³/mol. The third kappa shape index (κ3) is 4.84. The molecule has 0 aliphatic rings. The molecule has 2 amide bonds. The average molecular weight is 412 g/mol. The molecule has 7 heteroatoms. The van der Waals surface area contributed by atoms with Crippen molar-refractivity contribution in [3.05, 3.63) is 69.9 Å². The number of nitrogens with zero attached hydrogens (tertiary/aromatic N) is 2. The van der Waals surface area contributed by atoms with Gasteiger partial charge in [-0.2, -0.15) is 0 Å². The summed E-state index contributed by atoms with van der Waals surface area (Å²) in [6.07, 6.45) is 0. The van der Waals surface area contributed by atoms with Crippen molar-refractivity contribution in [2.75, 3.05) is 18.9 Å². The minimum absolute atomic E-state index is 0.106. The first-order valence-corrected chi connectivity index (χ1v) is 9.48. The van der Waals surface area contributed by atoms with E-state index in [0.29, 0.717) is 10.8 Å². The minimum atomic E-state index is -0.408. The molecule has 0 aliphatic carbocycles. The largest absolute Gasteiger partial charge is 0.355 e. The zero-order valence-electron chi connectivity index (χ0n) is 16.7. The molecule has 0 saturated heterocycles. The standard InChI is InChI=1S/C22H22ClN3O3/c1-13-8-14(2)21(15(3)9-13)24-20(27)12-26(4)22(28)18-11-19(29-25-18)16-6-5-7-17(23)10-16/h5-11H,12H2,1-4H3,(H,24,27). The molecule has 6 nitrogen and oxygen atoms in total. The van der Waals surface area contributed by atoms with E-state index in [2.05, 4.69) is 10.5 Å². The summed E-state index contributed by atoms with van der Waals surface area (Å²) in [7, 11) is 1.55. The molecule has 0 radical (unpaired) electrons. The molecule has 1 heterocycles. The van der Waals surface area contributed by atoms with Crippen molar-refractivity contribution in [2.24, 2.45) is 0 Å². The van der Waals surface area contributed by atoms with Gasteiger partial charge in [0.2, 0.25) is 5.91 Å². The highest BCUT2D eigenvalue weighted by atomic mass is 35.5.